The maximum Gasteiger partial charge on any atom is 0.255 e. The number of para-hydroxylation sites is 2. The van der Waals surface area contributed by atoms with Crippen LogP contribution >= 0.6 is 23.2 Å². The van der Waals surface area contributed by atoms with Crippen LogP contribution in [0.2, 0.25) is 10.0 Å². The zero-order valence-electron chi connectivity index (χ0n) is 13.4. The molecule has 0 N–H and O–H groups in total. The van der Waals surface area contributed by atoms with Crippen LogP contribution in [-0.2, 0) is 0 Å². The summed E-state index contributed by atoms with van der Waals surface area (Å²) in [4.78, 5) is 19.1. The summed E-state index contributed by atoms with van der Waals surface area (Å²) < 4.78 is 5.87. The van der Waals surface area contributed by atoms with Crippen molar-refractivity contribution in [1.82, 2.24) is 9.88 Å². The normalized spacial score (nSPS) is 15.7. The van der Waals surface area contributed by atoms with Gasteiger partial charge >= 0.3 is 0 Å². The summed E-state index contributed by atoms with van der Waals surface area (Å²) in [5.74, 6) is 0.938. The first-order valence-electron chi connectivity index (χ1n) is 8.21. The van der Waals surface area contributed by atoms with E-state index < -0.39 is 0 Å². The minimum atomic E-state index is -0.0577. The van der Waals surface area contributed by atoms with Crippen LogP contribution in [0.25, 0.3) is 11.1 Å². The lowest BCUT2D eigenvalue weighted by molar-refractivity contribution is 0.0707. The van der Waals surface area contributed by atoms with Crippen LogP contribution in [0.1, 0.15) is 35.0 Å². The van der Waals surface area contributed by atoms with Crippen LogP contribution in [0.4, 0.5) is 0 Å². The molecule has 1 aliphatic heterocycles. The molecule has 1 aliphatic rings. The number of oxazole rings is 1. The van der Waals surface area contributed by atoms with Gasteiger partial charge < -0.3 is 9.32 Å². The Morgan fingerprint density at radius 2 is 1.88 bits per heavy atom. The topological polar surface area (TPSA) is 46.3 Å². The van der Waals surface area contributed by atoms with E-state index >= 15 is 0 Å². The predicted molar refractivity (Wildman–Crippen MR) is 98.3 cm³/mol. The molecular weight excluding hydrogens is 359 g/mol. The molecule has 0 bridgehead atoms. The van der Waals surface area contributed by atoms with Crippen LogP contribution in [0, 0.1) is 0 Å². The molecular formula is C19H16Cl2N2O2. The predicted octanol–water partition coefficient (Wildman–Crippen LogP) is 5.15. The lowest BCUT2D eigenvalue weighted by Gasteiger charge is -2.30. The summed E-state index contributed by atoms with van der Waals surface area (Å²) in [5.41, 5.74) is 2.18. The Balaban J connectivity index is 1.46. The van der Waals surface area contributed by atoms with Crippen molar-refractivity contribution < 1.29 is 9.21 Å². The number of likely N-dealkylation sites (tertiary alicyclic amines) is 1. The number of carbonyl (C=O) groups is 1. The van der Waals surface area contributed by atoms with Gasteiger partial charge in [-0.3, -0.25) is 4.79 Å². The molecule has 0 atom stereocenters. The number of halogens is 2. The van der Waals surface area contributed by atoms with Gasteiger partial charge in [0.15, 0.2) is 11.5 Å². The van der Waals surface area contributed by atoms with Crippen molar-refractivity contribution in [2.75, 3.05) is 13.1 Å². The fourth-order valence-corrected chi connectivity index (χ4v) is 3.72. The van der Waals surface area contributed by atoms with Gasteiger partial charge in [-0.2, -0.15) is 0 Å². The van der Waals surface area contributed by atoms with Crippen LogP contribution in [0.5, 0.6) is 0 Å². The van der Waals surface area contributed by atoms with Crippen LogP contribution in [-0.4, -0.2) is 28.9 Å². The first kappa shape index (κ1) is 16.4. The van der Waals surface area contributed by atoms with E-state index in [0.29, 0.717) is 28.7 Å². The summed E-state index contributed by atoms with van der Waals surface area (Å²) in [6.07, 6.45) is 1.65. The highest BCUT2D eigenvalue weighted by Gasteiger charge is 2.28. The van der Waals surface area contributed by atoms with Gasteiger partial charge in [0.25, 0.3) is 5.91 Å². The fraction of sp³-hybridized carbons (Fsp3) is 0.263. The van der Waals surface area contributed by atoms with Gasteiger partial charge in [0.05, 0.1) is 10.6 Å². The smallest absolute Gasteiger partial charge is 0.255 e. The zero-order valence-corrected chi connectivity index (χ0v) is 14.9. The number of benzene rings is 2. The number of hydrogen-bond donors (Lipinski definition) is 0. The first-order chi connectivity index (χ1) is 12.1. The maximum absolute atomic E-state index is 12.7. The molecule has 2 heterocycles. The summed E-state index contributed by atoms with van der Waals surface area (Å²) in [6, 6.07) is 12.7. The van der Waals surface area contributed by atoms with Crippen molar-refractivity contribution in [3.05, 3.63) is 64.0 Å². The Kier molecular flexibility index (Phi) is 4.40. The lowest BCUT2D eigenvalue weighted by atomic mass is 9.96. The maximum atomic E-state index is 12.7. The minimum Gasteiger partial charge on any atom is -0.440 e. The lowest BCUT2D eigenvalue weighted by Crippen LogP contribution is -2.38. The molecule has 0 spiro atoms. The zero-order chi connectivity index (χ0) is 17.4. The molecule has 1 saturated heterocycles. The van der Waals surface area contributed by atoms with Crippen molar-refractivity contribution in [1.29, 1.82) is 0 Å². The van der Waals surface area contributed by atoms with Crippen LogP contribution < -0.4 is 0 Å². The van der Waals surface area contributed by atoms with Crippen molar-refractivity contribution in [3.8, 4) is 0 Å². The molecule has 128 valence electrons. The van der Waals surface area contributed by atoms with E-state index in [1.54, 1.807) is 18.2 Å². The van der Waals surface area contributed by atoms with E-state index in [1.807, 2.05) is 29.2 Å². The van der Waals surface area contributed by atoms with Gasteiger partial charge in [-0.05, 0) is 43.2 Å². The summed E-state index contributed by atoms with van der Waals surface area (Å²) in [5, 5.41) is 0.912. The molecule has 2 aromatic carbocycles. The summed E-state index contributed by atoms with van der Waals surface area (Å²) >= 11 is 12.1. The third kappa shape index (κ3) is 3.24. The molecule has 4 rings (SSSR count). The van der Waals surface area contributed by atoms with Crippen LogP contribution in [0.3, 0.4) is 0 Å². The quantitative estimate of drug-likeness (QED) is 0.622. The number of fused-ring (bicyclic) bond motifs is 1. The SMILES string of the molecule is O=C(c1ccc(Cl)cc1Cl)N1CCC(c2nc3ccccc3o2)CC1. The second-order valence-electron chi connectivity index (χ2n) is 6.21. The van der Waals surface area contributed by atoms with Gasteiger partial charge in [0.2, 0.25) is 0 Å². The van der Waals surface area contributed by atoms with Crippen molar-refractivity contribution >= 4 is 40.2 Å². The monoisotopic (exact) mass is 374 g/mol. The second kappa shape index (κ2) is 6.70. The average molecular weight is 375 g/mol. The Hall–Kier alpha value is -2.04. The number of carbonyl (C=O) groups excluding carboxylic acids is 1. The molecule has 1 fully saturated rings. The van der Waals surface area contributed by atoms with E-state index in [2.05, 4.69) is 4.98 Å². The minimum absolute atomic E-state index is 0.0577. The number of nitrogens with zero attached hydrogens (tertiary/aromatic N) is 2. The highest BCUT2D eigenvalue weighted by atomic mass is 35.5. The van der Waals surface area contributed by atoms with E-state index in [0.717, 1.165) is 29.8 Å². The van der Waals surface area contributed by atoms with E-state index in [-0.39, 0.29) is 11.8 Å². The Morgan fingerprint density at radius 1 is 1.12 bits per heavy atom. The third-order valence-corrected chi connectivity index (χ3v) is 5.15. The Labute approximate surface area is 155 Å². The van der Waals surface area contributed by atoms with Gasteiger partial charge in [0.1, 0.15) is 5.52 Å². The van der Waals surface area contributed by atoms with Crippen LogP contribution in [0.15, 0.2) is 46.9 Å². The number of aromatic nitrogens is 1. The van der Waals surface area contributed by atoms with Gasteiger partial charge in [-0.25, -0.2) is 4.98 Å². The molecule has 0 unspecified atom stereocenters. The first-order valence-corrected chi connectivity index (χ1v) is 8.97. The number of hydrogen-bond acceptors (Lipinski definition) is 3. The molecule has 0 saturated carbocycles. The van der Waals surface area contributed by atoms with Gasteiger partial charge in [-0.15, -0.1) is 0 Å². The number of rotatable bonds is 2. The average Bonchev–Trinajstić information content (AvgIpc) is 3.05. The molecule has 1 aromatic heterocycles. The van der Waals surface area contributed by atoms with E-state index in [9.17, 15) is 4.79 Å². The van der Waals surface area contributed by atoms with Crippen molar-refractivity contribution in [2.24, 2.45) is 0 Å². The van der Waals surface area contributed by atoms with E-state index in [1.165, 1.54) is 0 Å². The highest BCUT2D eigenvalue weighted by Crippen LogP contribution is 2.31. The van der Waals surface area contributed by atoms with Crippen molar-refractivity contribution in [2.45, 2.75) is 18.8 Å². The Morgan fingerprint density at radius 3 is 2.60 bits per heavy atom. The molecule has 0 radical (unpaired) electrons. The molecule has 0 aliphatic carbocycles. The third-order valence-electron chi connectivity index (χ3n) is 4.60. The van der Waals surface area contributed by atoms with Crippen molar-refractivity contribution in [3.63, 3.8) is 0 Å². The second-order valence-corrected chi connectivity index (χ2v) is 7.05. The highest BCUT2D eigenvalue weighted by molar-refractivity contribution is 6.36. The summed E-state index contributed by atoms with van der Waals surface area (Å²) in [6.45, 7) is 1.31. The molecule has 6 heteroatoms. The van der Waals surface area contributed by atoms with Gasteiger partial charge in [0, 0.05) is 24.0 Å². The number of amides is 1. The molecule has 1 amide bonds. The fourth-order valence-electron chi connectivity index (χ4n) is 3.23. The standard InChI is InChI=1S/C19H16Cl2N2O2/c20-13-5-6-14(15(21)11-13)19(24)23-9-7-12(8-10-23)18-22-16-3-1-2-4-17(16)25-18/h1-6,11-12H,7-10H2. The molecule has 25 heavy (non-hydrogen) atoms. The Bertz CT molecular complexity index is 897. The molecule has 4 nitrogen and oxygen atoms in total. The van der Waals surface area contributed by atoms with Gasteiger partial charge in [-0.1, -0.05) is 35.3 Å². The largest absolute Gasteiger partial charge is 0.440 e. The summed E-state index contributed by atoms with van der Waals surface area (Å²) in [7, 11) is 0. The molecule has 3 aromatic rings. The number of piperidine rings is 1. The van der Waals surface area contributed by atoms with E-state index in [4.69, 9.17) is 27.6 Å².